The molecule has 0 saturated heterocycles. The van der Waals surface area contributed by atoms with Crippen molar-refractivity contribution in [2.24, 2.45) is 0 Å². The van der Waals surface area contributed by atoms with E-state index >= 15 is 0 Å². The normalized spacial score (nSPS) is 10.7. The third-order valence-corrected chi connectivity index (χ3v) is 2.13. The van der Waals surface area contributed by atoms with Gasteiger partial charge in [-0.05, 0) is 13.0 Å². The molecule has 0 aliphatic rings. The molecule has 0 fully saturated rings. The molecule has 0 unspecified atom stereocenters. The summed E-state index contributed by atoms with van der Waals surface area (Å²) >= 11 is 0. The number of hydrogen-bond acceptors (Lipinski definition) is 2. The Bertz CT molecular complexity index is 115. The van der Waals surface area contributed by atoms with Crippen molar-refractivity contribution in [3.8, 4) is 0 Å². The lowest BCUT2D eigenvalue weighted by Gasteiger charge is -2.18. The van der Waals surface area contributed by atoms with E-state index in [-0.39, 0.29) is 6.61 Å². The highest BCUT2D eigenvalue weighted by molar-refractivity contribution is 4.73. The number of aliphatic hydroxyl groups excluding tert-OH is 1. The zero-order valence-corrected chi connectivity index (χ0v) is 8.84. The highest BCUT2D eigenvalue weighted by Gasteiger charge is 2.00. The average molecular weight is 185 g/mol. The molecule has 0 bridgehead atoms. The van der Waals surface area contributed by atoms with Gasteiger partial charge in [0.2, 0.25) is 0 Å². The van der Waals surface area contributed by atoms with Crippen LogP contribution in [0.25, 0.3) is 0 Å². The topological polar surface area (TPSA) is 23.5 Å². The Kier molecular flexibility index (Phi) is 9.49. The van der Waals surface area contributed by atoms with E-state index in [2.05, 4.69) is 18.4 Å². The van der Waals surface area contributed by atoms with Crippen LogP contribution in [0.2, 0.25) is 0 Å². The molecule has 0 spiro atoms. The smallest absolute Gasteiger partial charge is 0.0558 e. The lowest BCUT2D eigenvalue weighted by Crippen LogP contribution is -2.28. The van der Waals surface area contributed by atoms with Crippen LogP contribution in [0.1, 0.15) is 32.6 Å². The van der Waals surface area contributed by atoms with Gasteiger partial charge in [-0.15, -0.1) is 6.58 Å². The summed E-state index contributed by atoms with van der Waals surface area (Å²) in [6, 6.07) is 0. The van der Waals surface area contributed by atoms with Crippen molar-refractivity contribution in [2.75, 3.05) is 26.2 Å². The van der Waals surface area contributed by atoms with Crippen molar-refractivity contribution in [3.63, 3.8) is 0 Å². The van der Waals surface area contributed by atoms with E-state index in [1.165, 1.54) is 25.7 Å². The Morgan fingerprint density at radius 1 is 1.23 bits per heavy atom. The standard InChI is InChI=1S/C11H23NO/c1-3-5-6-7-9-12(8-4-2)10-11-13/h4,13H,2-3,5-11H2,1H3. The van der Waals surface area contributed by atoms with Crippen LogP contribution < -0.4 is 0 Å². The first-order valence-corrected chi connectivity index (χ1v) is 5.29. The summed E-state index contributed by atoms with van der Waals surface area (Å²) in [7, 11) is 0. The van der Waals surface area contributed by atoms with Gasteiger partial charge < -0.3 is 5.11 Å². The Morgan fingerprint density at radius 3 is 2.54 bits per heavy atom. The van der Waals surface area contributed by atoms with Gasteiger partial charge in [0.05, 0.1) is 6.61 Å². The number of hydrogen-bond donors (Lipinski definition) is 1. The van der Waals surface area contributed by atoms with Crippen molar-refractivity contribution >= 4 is 0 Å². The van der Waals surface area contributed by atoms with Crippen LogP contribution in [0, 0.1) is 0 Å². The largest absolute Gasteiger partial charge is 0.395 e. The van der Waals surface area contributed by atoms with Gasteiger partial charge in [-0.1, -0.05) is 32.3 Å². The SMILES string of the molecule is C=CCN(CCO)CCCCCC. The van der Waals surface area contributed by atoms with Gasteiger partial charge >= 0.3 is 0 Å². The summed E-state index contributed by atoms with van der Waals surface area (Å²) in [5, 5.41) is 8.79. The summed E-state index contributed by atoms with van der Waals surface area (Å²) in [6.07, 6.45) is 7.04. The summed E-state index contributed by atoms with van der Waals surface area (Å²) in [5.74, 6) is 0. The van der Waals surface area contributed by atoms with Gasteiger partial charge in [0.1, 0.15) is 0 Å². The van der Waals surface area contributed by atoms with Gasteiger partial charge in [-0.3, -0.25) is 4.90 Å². The van der Waals surface area contributed by atoms with Gasteiger partial charge in [0.25, 0.3) is 0 Å². The molecule has 0 aliphatic carbocycles. The second-order valence-corrected chi connectivity index (χ2v) is 3.37. The minimum Gasteiger partial charge on any atom is -0.395 e. The lowest BCUT2D eigenvalue weighted by molar-refractivity contribution is 0.206. The second kappa shape index (κ2) is 9.75. The Balaban J connectivity index is 3.38. The zero-order valence-electron chi connectivity index (χ0n) is 8.84. The third kappa shape index (κ3) is 8.00. The van der Waals surface area contributed by atoms with Crippen molar-refractivity contribution in [1.29, 1.82) is 0 Å². The van der Waals surface area contributed by atoms with Crippen LogP contribution in [0.3, 0.4) is 0 Å². The predicted molar refractivity (Wildman–Crippen MR) is 57.9 cm³/mol. The molecule has 0 aromatic carbocycles. The van der Waals surface area contributed by atoms with Crippen LogP contribution >= 0.6 is 0 Å². The highest BCUT2D eigenvalue weighted by Crippen LogP contribution is 2.01. The molecule has 0 saturated carbocycles. The molecule has 78 valence electrons. The van der Waals surface area contributed by atoms with E-state index in [1.54, 1.807) is 0 Å². The predicted octanol–water partition coefficient (Wildman–Crippen LogP) is 2.05. The molecule has 0 radical (unpaired) electrons. The van der Waals surface area contributed by atoms with Gasteiger partial charge in [0.15, 0.2) is 0 Å². The van der Waals surface area contributed by atoms with E-state index < -0.39 is 0 Å². The third-order valence-electron chi connectivity index (χ3n) is 2.13. The lowest BCUT2D eigenvalue weighted by atomic mass is 10.2. The molecular formula is C11H23NO. The van der Waals surface area contributed by atoms with E-state index in [1.807, 2.05) is 6.08 Å². The minimum absolute atomic E-state index is 0.252. The molecule has 2 nitrogen and oxygen atoms in total. The van der Waals surface area contributed by atoms with Crippen molar-refractivity contribution in [2.45, 2.75) is 32.6 Å². The fourth-order valence-electron chi connectivity index (χ4n) is 1.38. The number of rotatable bonds is 9. The Hall–Kier alpha value is -0.340. The fraction of sp³-hybridized carbons (Fsp3) is 0.818. The minimum atomic E-state index is 0.252. The van der Waals surface area contributed by atoms with Gasteiger partial charge in [0, 0.05) is 13.1 Å². The fourth-order valence-corrected chi connectivity index (χ4v) is 1.38. The molecular weight excluding hydrogens is 162 g/mol. The molecule has 0 atom stereocenters. The average Bonchev–Trinajstić information content (AvgIpc) is 2.13. The number of nitrogens with zero attached hydrogens (tertiary/aromatic N) is 1. The molecule has 0 heterocycles. The van der Waals surface area contributed by atoms with E-state index in [0.717, 1.165) is 19.6 Å². The molecule has 2 heteroatoms. The molecule has 0 rings (SSSR count). The number of unbranched alkanes of at least 4 members (excludes halogenated alkanes) is 3. The molecule has 0 aromatic rings. The van der Waals surface area contributed by atoms with E-state index in [9.17, 15) is 0 Å². The van der Waals surface area contributed by atoms with Crippen molar-refractivity contribution in [3.05, 3.63) is 12.7 Å². The quantitative estimate of drug-likeness (QED) is 0.439. The monoisotopic (exact) mass is 185 g/mol. The van der Waals surface area contributed by atoms with Crippen LogP contribution in [-0.4, -0.2) is 36.2 Å². The Labute approximate surface area is 82.3 Å². The molecule has 13 heavy (non-hydrogen) atoms. The van der Waals surface area contributed by atoms with Gasteiger partial charge in [-0.25, -0.2) is 0 Å². The second-order valence-electron chi connectivity index (χ2n) is 3.37. The highest BCUT2D eigenvalue weighted by atomic mass is 16.3. The maximum absolute atomic E-state index is 8.79. The van der Waals surface area contributed by atoms with Crippen LogP contribution in [-0.2, 0) is 0 Å². The maximum Gasteiger partial charge on any atom is 0.0558 e. The molecule has 1 N–H and O–H groups in total. The molecule has 0 amide bonds. The van der Waals surface area contributed by atoms with Crippen LogP contribution in [0.4, 0.5) is 0 Å². The maximum atomic E-state index is 8.79. The molecule has 0 aliphatic heterocycles. The first kappa shape index (κ1) is 12.7. The Morgan fingerprint density at radius 2 is 2.00 bits per heavy atom. The zero-order chi connectivity index (χ0) is 9.94. The summed E-state index contributed by atoms with van der Waals surface area (Å²) in [6.45, 7) is 8.93. The van der Waals surface area contributed by atoms with Crippen molar-refractivity contribution < 1.29 is 5.11 Å². The van der Waals surface area contributed by atoms with Crippen LogP contribution in [0.5, 0.6) is 0 Å². The first-order chi connectivity index (χ1) is 6.35. The molecule has 0 aromatic heterocycles. The summed E-state index contributed by atoms with van der Waals surface area (Å²) < 4.78 is 0. The van der Waals surface area contributed by atoms with Crippen molar-refractivity contribution in [1.82, 2.24) is 4.90 Å². The van der Waals surface area contributed by atoms with Gasteiger partial charge in [-0.2, -0.15) is 0 Å². The first-order valence-electron chi connectivity index (χ1n) is 5.29. The number of aliphatic hydroxyl groups is 1. The summed E-state index contributed by atoms with van der Waals surface area (Å²) in [4.78, 5) is 2.24. The van der Waals surface area contributed by atoms with Crippen LogP contribution in [0.15, 0.2) is 12.7 Å². The summed E-state index contributed by atoms with van der Waals surface area (Å²) in [5.41, 5.74) is 0. The van der Waals surface area contributed by atoms with E-state index in [0.29, 0.717) is 0 Å². The van der Waals surface area contributed by atoms with E-state index in [4.69, 9.17) is 5.11 Å².